The molecule has 0 bridgehead atoms. The van der Waals surface area contributed by atoms with Crippen molar-refractivity contribution >= 4 is 27.6 Å². The number of hydrogen-bond acceptors (Lipinski definition) is 3. The molecule has 0 aliphatic carbocycles. The third-order valence-electron chi connectivity index (χ3n) is 4.53. The Kier molecular flexibility index (Phi) is 3.69. The van der Waals surface area contributed by atoms with Gasteiger partial charge in [-0.25, -0.2) is 4.98 Å². The van der Waals surface area contributed by atoms with Crippen LogP contribution in [0.25, 0.3) is 21.8 Å². The zero-order valence-electron chi connectivity index (χ0n) is 13.8. The molecule has 5 heteroatoms. The van der Waals surface area contributed by atoms with E-state index in [-0.39, 0.29) is 17.9 Å². The molecule has 0 saturated carbocycles. The van der Waals surface area contributed by atoms with Crippen LogP contribution in [0.4, 0.5) is 0 Å². The van der Waals surface area contributed by atoms with Gasteiger partial charge in [-0.1, -0.05) is 37.3 Å². The zero-order chi connectivity index (χ0) is 17.4. The Morgan fingerprint density at radius 1 is 1.12 bits per heavy atom. The van der Waals surface area contributed by atoms with Crippen molar-refractivity contribution in [3.8, 4) is 0 Å². The Balaban J connectivity index is 1.74. The molecule has 2 heterocycles. The normalized spacial score (nSPS) is 11.2. The van der Waals surface area contributed by atoms with Crippen LogP contribution in [0.15, 0.2) is 59.8 Å². The van der Waals surface area contributed by atoms with Crippen LogP contribution < -0.4 is 5.56 Å². The number of para-hydroxylation sites is 2. The van der Waals surface area contributed by atoms with E-state index in [1.807, 2.05) is 24.3 Å². The van der Waals surface area contributed by atoms with Crippen LogP contribution in [-0.4, -0.2) is 20.3 Å². The van der Waals surface area contributed by atoms with Gasteiger partial charge in [0.2, 0.25) is 0 Å². The molecule has 2 aromatic carbocycles. The van der Waals surface area contributed by atoms with Gasteiger partial charge in [-0.05, 0) is 24.1 Å². The fourth-order valence-electron chi connectivity index (χ4n) is 3.20. The highest BCUT2D eigenvalue weighted by Gasteiger charge is 2.15. The minimum absolute atomic E-state index is 0.0278. The van der Waals surface area contributed by atoms with Crippen molar-refractivity contribution in [3.63, 3.8) is 0 Å². The lowest BCUT2D eigenvalue weighted by Gasteiger charge is -2.06. The third kappa shape index (κ3) is 2.54. The van der Waals surface area contributed by atoms with E-state index in [2.05, 4.69) is 16.9 Å². The molecule has 0 atom stereocenters. The minimum atomic E-state index is -0.201. The van der Waals surface area contributed by atoms with E-state index in [0.717, 1.165) is 17.3 Å². The summed E-state index contributed by atoms with van der Waals surface area (Å²) in [5.74, 6) is -0.112. The van der Waals surface area contributed by atoms with Crippen molar-refractivity contribution in [2.24, 2.45) is 0 Å². The molecule has 2 aromatic heterocycles. The predicted molar refractivity (Wildman–Crippen MR) is 98.0 cm³/mol. The number of aromatic nitrogens is 3. The largest absolute Gasteiger partial charge is 0.360 e. The number of H-pyrrole nitrogens is 1. The van der Waals surface area contributed by atoms with Crippen LogP contribution in [-0.2, 0) is 13.0 Å². The molecule has 124 valence electrons. The highest BCUT2D eigenvalue weighted by atomic mass is 16.1. The number of aryl methyl sites for hydroxylation is 1. The molecule has 0 amide bonds. The van der Waals surface area contributed by atoms with Crippen LogP contribution in [0, 0.1) is 0 Å². The molecular weight excluding hydrogens is 314 g/mol. The van der Waals surface area contributed by atoms with E-state index >= 15 is 0 Å². The van der Waals surface area contributed by atoms with Crippen molar-refractivity contribution in [2.75, 3.05) is 0 Å². The monoisotopic (exact) mass is 331 g/mol. The molecule has 0 saturated heterocycles. The van der Waals surface area contributed by atoms with E-state index in [1.54, 1.807) is 24.4 Å². The number of carbonyl (C=O) groups excluding carboxylic acids is 1. The fraction of sp³-hybridized carbons (Fsp3) is 0.150. The molecule has 0 unspecified atom stereocenters. The molecule has 1 N–H and O–H groups in total. The van der Waals surface area contributed by atoms with Crippen LogP contribution >= 0.6 is 0 Å². The number of fused-ring (bicyclic) bond motifs is 2. The quantitative estimate of drug-likeness (QED) is 0.583. The van der Waals surface area contributed by atoms with Gasteiger partial charge in [0, 0.05) is 22.7 Å². The molecule has 4 aromatic rings. The molecule has 0 aliphatic rings. The van der Waals surface area contributed by atoms with Crippen LogP contribution in [0.1, 0.15) is 22.8 Å². The molecular formula is C20H17N3O2. The lowest BCUT2D eigenvalue weighted by molar-refractivity contribution is 0.0972. The smallest absolute Gasteiger partial charge is 0.261 e. The molecule has 0 aliphatic heterocycles. The number of ketones is 1. The summed E-state index contributed by atoms with van der Waals surface area (Å²) in [4.78, 5) is 32.8. The summed E-state index contributed by atoms with van der Waals surface area (Å²) >= 11 is 0. The highest BCUT2D eigenvalue weighted by molar-refractivity contribution is 6.08. The Morgan fingerprint density at radius 2 is 1.92 bits per heavy atom. The number of rotatable bonds is 4. The molecule has 0 fully saturated rings. The Bertz CT molecular complexity index is 1150. The maximum absolute atomic E-state index is 12.8. The van der Waals surface area contributed by atoms with E-state index < -0.39 is 0 Å². The topological polar surface area (TPSA) is 67.8 Å². The Morgan fingerprint density at radius 3 is 2.76 bits per heavy atom. The van der Waals surface area contributed by atoms with Gasteiger partial charge in [-0.2, -0.15) is 0 Å². The zero-order valence-corrected chi connectivity index (χ0v) is 13.8. The molecule has 5 nitrogen and oxygen atoms in total. The van der Waals surface area contributed by atoms with Crippen molar-refractivity contribution in [1.29, 1.82) is 0 Å². The molecule has 0 spiro atoms. The highest BCUT2D eigenvalue weighted by Crippen LogP contribution is 2.23. The van der Waals surface area contributed by atoms with Gasteiger partial charge in [-0.3, -0.25) is 14.2 Å². The second kappa shape index (κ2) is 6.02. The van der Waals surface area contributed by atoms with E-state index in [0.29, 0.717) is 16.5 Å². The lowest BCUT2D eigenvalue weighted by Crippen LogP contribution is -2.24. The second-order valence-electron chi connectivity index (χ2n) is 6.01. The summed E-state index contributed by atoms with van der Waals surface area (Å²) in [7, 11) is 0. The van der Waals surface area contributed by atoms with Crippen LogP contribution in [0.5, 0.6) is 0 Å². The average molecular weight is 331 g/mol. The van der Waals surface area contributed by atoms with Gasteiger partial charge >= 0.3 is 0 Å². The van der Waals surface area contributed by atoms with E-state index in [9.17, 15) is 9.59 Å². The number of benzene rings is 2. The first-order chi connectivity index (χ1) is 12.2. The van der Waals surface area contributed by atoms with Gasteiger partial charge in [0.05, 0.1) is 23.8 Å². The summed E-state index contributed by atoms with van der Waals surface area (Å²) in [5.41, 5.74) is 3.19. The fourth-order valence-corrected chi connectivity index (χ4v) is 3.20. The first kappa shape index (κ1) is 15.3. The third-order valence-corrected chi connectivity index (χ3v) is 4.53. The van der Waals surface area contributed by atoms with Crippen molar-refractivity contribution in [2.45, 2.75) is 19.9 Å². The number of hydrogen-bond donors (Lipinski definition) is 1. The first-order valence-electron chi connectivity index (χ1n) is 8.25. The standard InChI is InChI=1S/C20H17N3O2/c1-2-13-6-5-8-14-16(10-21-19(13)14)18(24)11-23-12-22-17-9-4-3-7-15(17)20(23)25/h3-10,12,21H,2,11H2,1H3. The molecule has 0 radical (unpaired) electrons. The van der Waals surface area contributed by atoms with Crippen LogP contribution in [0.3, 0.4) is 0 Å². The van der Waals surface area contributed by atoms with Crippen molar-refractivity contribution in [3.05, 3.63) is 76.5 Å². The maximum atomic E-state index is 12.8. The van der Waals surface area contributed by atoms with Gasteiger partial charge in [-0.15, -0.1) is 0 Å². The summed E-state index contributed by atoms with van der Waals surface area (Å²) < 4.78 is 1.37. The number of Topliss-reactive ketones (excluding diaryl/α,β-unsaturated/α-hetero) is 1. The molecule has 4 rings (SSSR count). The van der Waals surface area contributed by atoms with E-state index in [1.165, 1.54) is 16.5 Å². The molecule has 25 heavy (non-hydrogen) atoms. The Hall–Kier alpha value is -3.21. The SMILES string of the molecule is CCc1cccc2c(C(=O)Cn3cnc4ccccc4c3=O)c[nH]c12. The van der Waals surface area contributed by atoms with Crippen molar-refractivity contribution < 1.29 is 4.79 Å². The average Bonchev–Trinajstić information content (AvgIpc) is 3.08. The number of nitrogens with zero attached hydrogens (tertiary/aromatic N) is 2. The lowest BCUT2D eigenvalue weighted by atomic mass is 10.0. The van der Waals surface area contributed by atoms with Gasteiger partial charge in [0.15, 0.2) is 5.78 Å². The van der Waals surface area contributed by atoms with Crippen LogP contribution in [0.2, 0.25) is 0 Å². The van der Waals surface area contributed by atoms with E-state index in [4.69, 9.17) is 0 Å². The first-order valence-corrected chi connectivity index (χ1v) is 8.25. The summed E-state index contributed by atoms with van der Waals surface area (Å²) in [6.07, 6.45) is 4.06. The summed E-state index contributed by atoms with van der Waals surface area (Å²) in [5, 5.41) is 1.41. The van der Waals surface area contributed by atoms with Gasteiger partial charge in [0.25, 0.3) is 5.56 Å². The number of nitrogens with one attached hydrogen (secondary N) is 1. The Labute approximate surface area is 143 Å². The summed E-state index contributed by atoms with van der Waals surface area (Å²) in [6.45, 7) is 2.05. The van der Waals surface area contributed by atoms with Gasteiger partial charge in [0.1, 0.15) is 0 Å². The number of carbonyl (C=O) groups is 1. The summed E-state index contributed by atoms with van der Waals surface area (Å²) in [6, 6.07) is 13.1. The van der Waals surface area contributed by atoms with Gasteiger partial charge < -0.3 is 4.98 Å². The minimum Gasteiger partial charge on any atom is -0.360 e. The maximum Gasteiger partial charge on any atom is 0.261 e. The number of aromatic amines is 1. The van der Waals surface area contributed by atoms with Crippen molar-refractivity contribution in [1.82, 2.24) is 14.5 Å². The predicted octanol–water partition coefficient (Wildman–Crippen LogP) is 3.32. The second-order valence-corrected chi connectivity index (χ2v) is 6.01.